The van der Waals surface area contributed by atoms with Gasteiger partial charge in [-0.15, -0.1) is 0 Å². The zero-order valence-electron chi connectivity index (χ0n) is 11.7. The number of fused-ring (bicyclic) bond motifs is 1. The van der Waals surface area contributed by atoms with Gasteiger partial charge in [-0.05, 0) is 25.0 Å². The van der Waals surface area contributed by atoms with Gasteiger partial charge in [0.05, 0.1) is 17.7 Å². The van der Waals surface area contributed by atoms with Gasteiger partial charge in [-0.1, -0.05) is 24.1 Å². The van der Waals surface area contributed by atoms with E-state index in [1.165, 1.54) is 0 Å². The highest BCUT2D eigenvalue weighted by atomic mass is 16.5. The first-order valence-corrected chi connectivity index (χ1v) is 7.27. The summed E-state index contributed by atoms with van der Waals surface area (Å²) in [5, 5.41) is 4.07. The molecule has 21 heavy (non-hydrogen) atoms. The molecule has 6 nitrogen and oxygen atoms in total. The Hall–Kier alpha value is -2.21. The van der Waals surface area contributed by atoms with E-state index in [0.29, 0.717) is 18.1 Å². The number of aromatic nitrogens is 4. The molecule has 1 aliphatic rings. The van der Waals surface area contributed by atoms with Crippen LogP contribution in [0.5, 0.6) is 0 Å². The second-order valence-electron chi connectivity index (χ2n) is 5.75. The number of rotatable bonds is 3. The van der Waals surface area contributed by atoms with Crippen LogP contribution >= 0.6 is 0 Å². The first-order chi connectivity index (χ1) is 10.2. The summed E-state index contributed by atoms with van der Waals surface area (Å²) < 4.78 is 7.33. The summed E-state index contributed by atoms with van der Waals surface area (Å²) in [5.74, 6) is 1.21. The highest BCUT2D eigenvalue weighted by Crippen LogP contribution is 2.34. The fourth-order valence-electron chi connectivity index (χ4n) is 2.99. The number of imidazole rings is 1. The summed E-state index contributed by atoms with van der Waals surface area (Å²) in [5.41, 5.74) is 7.77. The molecule has 3 aromatic heterocycles. The minimum atomic E-state index is -0.402. The van der Waals surface area contributed by atoms with Crippen molar-refractivity contribution >= 4 is 5.65 Å². The first-order valence-electron chi connectivity index (χ1n) is 7.27. The van der Waals surface area contributed by atoms with E-state index in [1.807, 2.05) is 35.0 Å². The summed E-state index contributed by atoms with van der Waals surface area (Å²) in [6, 6.07) is 5.91. The maximum atomic E-state index is 6.34. The normalized spacial score (nSPS) is 17.6. The van der Waals surface area contributed by atoms with Crippen LogP contribution in [-0.2, 0) is 12.0 Å². The number of nitrogens with zero attached hydrogens (tertiary/aromatic N) is 4. The Morgan fingerprint density at radius 3 is 2.90 bits per heavy atom. The lowest BCUT2D eigenvalue weighted by atomic mass is 9.99. The van der Waals surface area contributed by atoms with Gasteiger partial charge in [-0.2, -0.15) is 4.98 Å². The van der Waals surface area contributed by atoms with Crippen LogP contribution < -0.4 is 5.73 Å². The summed E-state index contributed by atoms with van der Waals surface area (Å²) in [6.45, 7) is 0. The summed E-state index contributed by atoms with van der Waals surface area (Å²) in [6.07, 6.45) is 8.61. The Morgan fingerprint density at radius 2 is 2.10 bits per heavy atom. The Balaban J connectivity index is 1.58. The van der Waals surface area contributed by atoms with Gasteiger partial charge < -0.3 is 14.7 Å². The fraction of sp³-hybridized carbons (Fsp3) is 0.400. The van der Waals surface area contributed by atoms with Crippen molar-refractivity contribution in [1.82, 2.24) is 19.5 Å². The molecule has 0 spiro atoms. The number of nitrogens with two attached hydrogens (primary N) is 1. The van der Waals surface area contributed by atoms with Gasteiger partial charge in [-0.3, -0.25) is 0 Å². The van der Waals surface area contributed by atoms with Crippen LogP contribution in [0.25, 0.3) is 5.65 Å². The maximum Gasteiger partial charge on any atom is 0.232 e. The molecule has 3 heterocycles. The third-order valence-electron chi connectivity index (χ3n) is 4.16. The molecular weight excluding hydrogens is 266 g/mol. The largest absolute Gasteiger partial charge is 0.339 e. The van der Waals surface area contributed by atoms with E-state index in [9.17, 15) is 0 Å². The molecule has 0 atom stereocenters. The summed E-state index contributed by atoms with van der Waals surface area (Å²) in [7, 11) is 0. The average Bonchev–Trinajstić information content (AvgIpc) is 3.18. The zero-order chi connectivity index (χ0) is 14.3. The standard InChI is InChI=1S/C15H17N5O/c16-15(6-2-3-7-15)14-18-13(21-19-14)9-11-10-20-8-4-1-5-12(20)17-11/h1,4-5,8,10H,2-3,6-7,9,16H2. The molecule has 0 bridgehead atoms. The van der Waals surface area contributed by atoms with E-state index in [4.69, 9.17) is 10.3 Å². The molecule has 1 saturated carbocycles. The molecule has 0 amide bonds. The van der Waals surface area contributed by atoms with Crippen LogP contribution in [0, 0.1) is 0 Å². The average molecular weight is 283 g/mol. The third kappa shape index (κ3) is 2.21. The summed E-state index contributed by atoms with van der Waals surface area (Å²) >= 11 is 0. The van der Waals surface area contributed by atoms with E-state index in [0.717, 1.165) is 37.0 Å². The molecule has 0 radical (unpaired) electrons. The third-order valence-corrected chi connectivity index (χ3v) is 4.16. The zero-order valence-corrected chi connectivity index (χ0v) is 11.7. The van der Waals surface area contributed by atoms with Crippen LogP contribution in [0.3, 0.4) is 0 Å². The van der Waals surface area contributed by atoms with Crippen molar-refractivity contribution in [3.63, 3.8) is 0 Å². The predicted molar refractivity (Wildman–Crippen MR) is 76.6 cm³/mol. The smallest absolute Gasteiger partial charge is 0.232 e. The van der Waals surface area contributed by atoms with Crippen LogP contribution in [0.4, 0.5) is 0 Å². The Labute approximate surface area is 122 Å². The summed E-state index contributed by atoms with van der Waals surface area (Å²) in [4.78, 5) is 9.01. The van der Waals surface area contributed by atoms with Gasteiger partial charge in [0.1, 0.15) is 5.65 Å². The topological polar surface area (TPSA) is 82.2 Å². The lowest BCUT2D eigenvalue weighted by Gasteiger charge is -2.17. The van der Waals surface area contributed by atoms with Crippen molar-refractivity contribution < 1.29 is 4.52 Å². The van der Waals surface area contributed by atoms with Gasteiger partial charge in [0.2, 0.25) is 5.89 Å². The van der Waals surface area contributed by atoms with Crippen molar-refractivity contribution in [3.05, 3.63) is 48.0 Å². The number of hydrogen-bond acceptors (Lipinski definition) is 5. The maximum absolute atomic E-state index is 6.34. The molecule has 1 aliphatic carbocycles. The Bertz CT molecular complexity index is 736. The van der Waals surface area contributed by atoms with E-state index in [1.54, 1.807) is 0 Å². The van der Waals surface area contributed by atoms with Crippen LogP contribution in [0.15, 0.2) is 35.1 Å². The lowest BCUT2D eigenvalue weighted by Crippen LogP contribution is -2.34. The molecule has 0 unspecified atom stereocenters. The monoisotopic (exact) mass is 283 g/mol. The lowest BCUT2D eigenvalue weighted by molar-refractivity contribution is 0.352. The fourth-order valence-corrected chi connectivity index (χ4v) is 2.99. The van der Waals surface area contributed by atoms with E-state index in [-0.39, 0.29) is 0 Å². The van der Waals surface area contributed by atoms with Gasteiger partial charge in [0.25, 0.3) is 0 Å². The minimum absolute atomic E-state index is 0.402. The van der Waals surface area contributed by atoms with Crippen molar-refractivity contribution in [1.29, 1.82) is 0 Å². The molecule has 3 aromatic rings. The van der Waals surface area contributed by atoms with Crippen molar-refractivity contribution in [2.24, 2.45) is 5.73 Å². The van der Waals surface area contributed by atoms with Gasteiger partial charge in [0.15, 0.2) is 5.82 Å². The SMILES string of the molecule is NC1(c2noc(Cc3cn4ccccc4n3)n2)CCCC1. The van der Waals surface area contributed by atoms with Crippen molar-refractivity contribution in [2.45, 2.75) is 37.6 Å². The van der Waals surface area contributed by atoms with Crippen LogP contribution in [0.2, 0.25) is 0 Å². The molecule has 2 N–H and O–H groups in total. The minimum Gasteiger partial charge on any atom is -0.339 e. The second kappa shape index (κ2) is 4.66. The Kier molecular flexibility index (Phi) is 2.78. The van der Waals surface area contributed by atoms with Crippen LogP contribution in [-0.4, -0.2) is 19.5 Å². The molecule has 6 heteroatoms. The van der Waals surface area contributed by atoms with Gasteiger partial charge in [-0.25, -0.2) is 4.98 Å². The van der Waals surface area contributed by atoms with Gasteiger partial charge >= 0.3 is 0 Å². The van der Waals surface area contributed by atoms with E-state index < -0.39 is 5.54 Å². The van der Waals surface area contributed by atoms with E-state index in [2.05, 4.69) is 15.1 Å². The molecule has 0 aromatic carbocycles. The van der Waals surface area contributed by atoms with Crippen molar-refractivity contribution in [2.75, 3.05) is 0 Å². The molecule has 0 aliphatic heterocycles. The number of hydrogen-bond donors (Lipinski definition) is 1. The quantitative estimate of drug-likeness (QED) is 0.795. The highest BCUT2D eigenvalue weighted by Gasteiger charge is 2.35. The number of pyridine rings is 1. The highest BCUT2D eigenvalue weighted by molar-refractivity contribution is 5.39. The Morgan fingerprint density at radius 1 is 1.24 bits per heavy atom. The van der Waals surface area contributed by atoms with E-state index >= 15 is 0 Å². The molecular formula is C15H17N5O. The van der Waals surface area contributed by atoms with Gasteiger partial charge in [0, 0.05) is 12.4 Å². The van der Waals surface area contributed by atoms with Crippen molar-refractivity contribution in [3.8, 4) is 0 Å². The molecule has 1 fully saturated rings. The predicted octanol–water partition coefficient (Wildman–Crippen LogP) is 2.04. The van der Waals surface area contributed by atoms with Crippen LogP contribution in [0.1, 0.15) is 43.1 Å². The second-order valence-corrected chi connectivity index (χ2v) is 5.75. The molecule has 0 saturated heterocycles. The molecule has 108 valence electrons. The first kappa shape index (κ1) is 12.5. The molecule has 4 rings (SSSR count).